The van der Waals surface area contributed by atoms with Gasteiger partial charge in [-0.2, -0.15) is 0 Å². The quantitative estimate of drug-likeness (QED) is 0.609. The van der Waals surface area contributed by atoms with Gasteiger partial charge in [-0.25, -0.2) is 9.37 Å². The molecule has 0 amide bonds. The average molecular weight is 265 g/mol. The first-order chi connectivity index (χ1) is 7.25. The van der Waals surface area contributed by atoms with Gasteiger partial charge < -0.3 is 4.40 Å². The normalized spacial score (nSPS) is 11.3. The van der Waals surface area contributed by atoms with Gasteiger partial charge in [-0.1, -0.05) is 12.1 Å². The highest BCUT2D eigenvalue weighted by atomic mass is 79.9. The molecule has 1 aromatic carbocycles. The zero-order valence-corrected chi connectivity index (χ0v) is 9.20. The highest BCUT2D eigenvalue weighted by Crippen LogP contribution is 2.23. The van der Waals surface area contributed by atoms with Crippen LogP contribution in [0.4, 0.5) is 4.39 Å². The predicted molar refractivity (Wildman–Crippen MR) is 60.4 cm³/mol. The van der Waals surface area contributed by atoms with Crippen molar-refractivity contribution in [3.8, 4) is 0 Å². The van der Waals surface area contributed by atoms with E-state index in [1.165, 1.54) is 6.07 Å². The Hall–Kier alpha value is -1.42. The molecule has 0 aliphatic rings. The summed E-state index contributed by atoms with van der Waals surface area (Å²) < 4.78 is 16.2. The summed E-state index contributed by atoms with van der Waals surface area (Å²) in [6, 6.07) is 6.90. The highest BCUT2D eigenvalue weighted by Gasteiger charge is 2.07. The molecule has 2 aromatic heterocycles. The van der Waals surface area contributed by atoms with Gasteiger partial charge in [-0.05, 0) is 33.4 Å². The van der Waals surface area contributed by atoms with Crippen molar-refractivity contribution in [2.24, 2.45) is 0 Å². The third kappa shape index (κ3) is 1.25. The number of imidazole rings is 1. The van der Waals surface area contributed by atoms with E-state index in [9.17, 15) is 4.39 Å². The van der Waals surface area contributed by atoms with Crippen LogP contribution in [0, 0.1) is 5.82 Å². The molecule has 2 heterocycles. The molecule has 0 radical (unpaired) electrons. The topological polar surface area (TPSA) is 17.3 Å². The minimum atomic E-state index is -0.240. The van der Waals surface area contributed by atoms with E-state index in [1.807, 2.05) is 18.3 Å². The van der Waals surface area contributed by atoms with Crippen LogP contribution in [0.25, 0.3) is 16.4 Å². The van der Waals surface area contributed by atoms with Crippen LogP contribution in [0.3, 0.4) is 0 Å². The molecule has 0 N–H and O–H groups in total. The Balaban J connectivity index is 2.62. The maximum Gasteiger partial charge on any atom is 0.148 e. The number of fused-ring (bicyclic) bond motifs is 3. The second-order valence-corrected chi connectivity index (χ2v) is 4.13. The lowest BCUT2D eigenvalue weighted by molar-refractivity contribution is 0.640. The van der Waals surface area contributed by atoms with Gasteiger partial charge in [0.15, 0.2) is 0 Å². The Bertz CT molecular complexity index is 660. The summed E-state index contributed by atoms with van der Waals surface area (Å²) in [6.07, 6.45) is 3.68. The summed E-state index contributed by atoms with van der Waals surface area (Å²) in [5, 5.41) is 1.42. The fourth-order valence-electron chi connectivity index (χ4n) is 1.74. The summed E-state index contributed by atoms with van der Waals surface area (Å²) in [6.45, 7) is 0. The van der Waals surface area contributed by atoms with E-state index >= 15 is 0 Å². The van der Waals surface area contributed by atoms with E-state index in [1.54, 1.807) is 16.7 Å². The largest absolute Gasteiger partial charge is 0.305 e. The summed E-state index contributed by atoms with van der Waals surface area (Å²) in [5.41, 5.74) is 0.637. The Morgan fingerprint density at radius 1 is 1.27 bits per heavy atom. The molecule has 0 atom stereocenters. The number of aromatic nitrogens is 2. The van der Waals surface area contributed by atoms with Gasteiger partial charge in [0.25, 0.3) is 0 Å². The summed E-state index contributed by atoms with van der Waals surface area (Å²) in [4.78, 5) is 4.24. The predicted octanol–water partition coefficient (Wildman–Crippen LogP) is 3.39. The van der Waals surface area contributed by atoms with Crippen molar-refractivity contribution >= 4 is 32.3 Å². The van der Waals surface area contributed by atoms with Crippen molar-refractivity contribution in [2.75, 3.05) is 0 Å². The lowest BCUT2D eigenvalue weighted by Gasteiger charge is -2.00. The van der Waals surface area contributed by atoms with E-state index < -0.39 is 0 Å². The van der Waals surface area contributed by atoms with Gasteiger partial charge in [0.1, 0.15) is 16.1 Å². The van der Waals surface area contributed by atoms with E-state index in [4.69, 9.17) is 0 Å². The van der Waals surface area contributed by atoms with Crippen molar-refractivity contribution in [3.63, 3.8) is 0 Å². The molecular formula is C11H6BrFN2. The number of nitrogens with zero attached hydrogens (tertiary/aromatic N) is 2. The molecule has 0 unspecified atom stereocenters. The fraction of sp³-hybridized carbons (Fsp3) is 0. The molecule has 15 heavy (non-hydrogen) atoms. The second-order valence-electron chi connectivity index (χ2n) is 3.31. The fourth-order valence-corrected chi connectivity index (χ4v) is 2.13. The molecule has 0 saturated heterocycles. The molecule has 2 nitrogen and oxygen atoms in total. The Morgan fingerprint density at radius 3 is 3.00 bits per heavy atom. The number of hydrogen-bond donors (Lipinski definition) is 0. The van der Waals surface area contributed by atoms with Gasteiger partial charge in [0.2, 0.25) is 0 Å². The lowest BCUT2D eigenvalue weighted by atomic mass is 10.1. The van der Waals surface area contributed by atoms with Crippen LogP contribution in [-0.2, 0) is 0 Å². The minimum absolute atomic E-state index is 0.240. The monoisotopic (exact) mass is 264 g/mol. The molecule has 0 spiro atoms. The summed E-state index contributed by atoms with van der Waals surface area (Å²) in [5.74, 6) is -0.240. The van der Waals surface area contributed by atoms with Gasteiger partial charge in [0, 0.05) is 12.4 Å². The maximum absolute atomic E-state index is 13.7. The van der Waals surface area contributed by atoms with Gasteiger partial charge in [0.05, 0.1) is 5.39 Å². The third-order valence-electron chi connectivity index (χ3n) is 2.39. The number of benzene rings is 1. The van der Waals surface area contributed by atoms with E-state index in [0.29, 0.717) is 15.6 Å². The first kappa shape index (κ1) is 8.85. The third-order valence-corrected chi connectivity index (χ3v) is 2.77. The second kappa shape index (κ2) is 3.03. The Labute approximate surface area is 93.5 Å². The van der Waals surface area contributed by atoms with Crippen LogP contribution >= 0.6 is 15.9 Å². The average Bonchev–Trinajstić information content (AvgIpc) is 2.58. The molecule has 3 rings (SSSR count). The molecule has 0 aliphatic carbocycles. The molecule has 3 aromatic rings. The highest BCUT2D eigenvalue weighted by molar-refractivity contribution is 9.10. The lowest BCUT2D eigenvalue weighted by Crippen LogP contribution is -1.87. The Morgan fingerprint density at radius 2 is 2.13 bits per heavy atom. The molecule has 0 saturated carbocycles. The standard InChI is InChI=1S/C11H6BrFN2/c12-9-6-15-5-4-7-2-1-3-8(13)10(7)11(15)14-9/h1-6H. The number of halogens is 2. The molecule has 74 valence electrons. The summed E-state index contributed by atoms with van der Waals surface area (Å²) in [7, 11) is 0. The van der Waals surface area contributed by atoms with Gasteiger partial charge >= 0.3 is 0 Å². The zero-order valence-electron chi connectivity index (χ0n) is 7.61. The van der Waals surface area contributed by atoms with E-state index in [0.717, 1.165) is 5.39 Å². The summed E-state index contributed by atoms with van der Waals surface area (Å²) >= 11 is 3.28. The Kier molecular flexibility index (Phi) is 1.79. The van der Waals surface area contributed by atoms with Crippen molar-refractivity contribution in [1.82, 2.24) is 9.38 Å². The van der Waals surface area contributed by atoms with Crippen LogP contribution in [0.15, 0.2) is 41.3 Å². The van der Waals surface area contributed by atoms with Crippen LogP contribution in [0.1, 0.15) is 0 Å². The van der Waals surface area contributed by atoms with E-state index in [-0.39, 0.29) is 5.82 Å². The number of pyridine rings is 1. The minimum Gasteiger partial charge on any atom is -0.305 e. The maximum atomic E-state index is 13.7. The number of hydrogen-bond acceptors (Lipinski definition) is 1. The van der Waals surface area contributed by atoms with Gasteiger partial charge in [-0.3, -0.25) is 0 Å². The van der Waals surface area contributed by atoms with Crippen LogP contribution in [0.5, 0.6) is 0 Å². The van der Waals surface area contributed by atoms with Crippen LogP contribution in [0.2, 0.25) is 0 Å². The molecule has 4 heteroatoms. The van der Waals surface area contributed by atoms with E-state index in [2.05, 4.69) is 20.9 Å². The van der Waals surface area contributed by atoms with Crippen molar-refractivity contribution in [2.45, 2.75) is 0 Å². The van der Waals surface area contributed by atoms with Crippen molar-refractivity contribution < 1.29 is 4.39 Å². The van der Waals surface area contributed by atoms with Crippen molar-refractivity contribution in [3.05, 3.63) is 47.1 Å². The molecular weight excluding hydrogens is 259 g/mol. The molecule has 0 aliphatic heterocycles. The molecule has 0 bridgehead atoms. The van der Waals surface area contributed by atoms with Crippen LogP contribution < -0.4 is 0 Å². The number of rotatable bonds is 0. The van der Waals surface area contributed by atoms with Crippen molar-refractivity contribution in [1.29, 1.82) is 0 Å². The smallest absolute Gasteiger partial charge is 0.148 e. The van der Waals surface area contributed by atoms with Crippen LogP contribution in [-0.4, -0.2) is 9.38 Å². The zero-order chi connectivity index (χ0) is 10.4. The molecule has 0 fully saturated rings. The first-order valence-corrected chi connectivity index (χ1v) is 5.26. The van der Waals surface area contributed by atoms with Gasteiger partial charge in [-0.15, -0.1) is 0 Å². The first-order valence-electron chi connectivity index (χ1n) is 4.47. The SMILES string of the molecule is Fc1cccc2ccn3cc(Br)nc3c12.